The van der Waals surface area contributed by atoms with Crippen LogP contribution in [0.5, 0.6) is 0 Å². The number of carbonyl (C=O) groups is 1. The third kappa shape index (κ3) is 3.89. The van der Waals surface area contributed by atoms with Gasteiger partial charge in [-0.15, -0.1) is 0 Å². The van der Waals surface area contributed by atoms with Gasteiger partial charge in [0.2, 0.25) is 5.91 Å². The summed E-state index contributed by atoms with van der Waals surface area (Å²) in [7, 11) is 0. The lowest BCUT2D eigenvalue weighted by atomic mass is 9.88. The molecule has 4 atom stereocenters. The normalized spacial score (nSPS) is 29.8. The first-order valence-corrected chi connectivity index (χ1v) is 10.2. The molecule has 2 unspecified atom stereocenters. The first kappa shape index (κ1) is 19.3. The minimum absolute atomic E-state index is 0.0503. The summed E-state index contributed by atoms with van der Waals surface area (Å²) in [4.78, 5) is 16.6. The standard InChI is InChI=1S/C23H28F2N2O/c1-22(2,3)27-21(28)13-23(25)11-15-8-14(9-16(15)12-23)18-6-7-26-20-5-4-17(24)10-19(18)20/h4-7,10,14-16H,8-9,11-13H2,1-3H3,(H,27,28)/t14?,15-,16+,23?. The first-order chi connectivity index (χ1) is 13.1. The first-order valence-electron chi connectivity index (χ1n) is 10.2. The van der Waals surface area contributed by atoms with Crippen LogP contribution in [0.15, 0.2) is 30.5 Å². The molecule has 1 heterocycles. The van der Waals surface area contributed by atoms with Crippen molar-refractivity contribution in [3.05, 3.63) is 41.8 Å². The minimum Gasteiger partial charge on any atom is -0.351 e. The van der Waals surface area contributed by atoms with Gasteiger partial charge in [-0.05, 0) is 94.0 Å². The lowest BCUT2D eigenvalue weighted by molar-refractivity contribution is -0.125. The molecule has 0 spiro atoms. The number of aromatic nitrogens is 1. The summed E-state index contributed by atoms with van der Waals surface area (Å²) < 4.78 is 29.1. The summed E-state index contributed by atoms with van der Waals surface area (Å²) in [6, 6.07) is 6.68. The van der Waals surface area contributed by atoms with Crippen LogP contribution in [-0.2, 0) is 4.79 Å². The van der Waals surface area contributed by atoms with Gasteiger partial charge in [-0.3, -0.25) is 9.78 Å². The molecule has 2 aliphatic rings. The van der Waals surface area contributed by atoms with E-state index in [-0.39, 0.29) is 35.5 Å². The predicted molar refractivity (Wildman–Crippen MR) is 106 cm³/mol. The van der Waals surface area contributed by atoms with Crippen molar-refractivity contribution in [1.29, 1.82) is 0 Å². The third-order valence-electron chi connectivity index (χ3n) is 6.27. The highest BCUT2D eigenvalue weighted by molar-refractivity contribution is 5.82. The molecule has 150 valence electrons. The predicted octanol–water partition coefficient (Wildman–Crippen LogP) is 5.29. The van der Waals surface area contributed by atoms with Crippen molar-refractivity contribution in [3.63, 3.8) is 0 Å². The zero-order valence-corrected chi connectivity index (χ0v) is 16.8. The molecule has 2 saturated carbocycles. The van der Waals surface area contributed by atoms with Gasteiger partial charge in [0.05, 0.1) is 11.9 Å². The number of nitrogens with one attached hydrogen (secondary N) is 1. The van der Waals surface area contributed by atoms with E-state index in [9.17, 15) is 9.18 Å². The smallest absolute Gasteiger partial charge is 0.223 e. The monoisotopic (exact) mass is 386 g/mol. The van der Waals surface area contributed by atoms with E-state index >= 15 is 4.39 Å². The molecule has 2 aromatic rings. The van der Waals surface area contributed by atoms with Gasteiger partial charge in [-0.25, -0.2) is 8.78 Å². The lowest BCUT2D eigenvalue weighted by Gasteiger charge is -2.25. The van der Waals surface area contributed by atoms with E-state index in [0.29, 0.717) is 18.8 Å². The molecule has 1 aromatic carbocycles. The van der Waals surface area contributed by atoms with Crippen LogP contribution >= 0.6 is 0 Å². The van der Waals surface area contributed by atoms with Gasteiger partial charge in [-0.2, -0.15) is 0 Å². The minimum atomic E-state index is -1.40. The number of fused-ring (bicyclic) bond motifs is 2. The Bertz CT molecular complexity index is 891. The summed E-state index contributed by atoms with van der Waals surface area (Å²) in [5.41, 5.74) is 0.177. The van der Waals surface area contributed by atoms with Gasteiger partial charge < -0.3 is 5.32 Å². The molecule has 3 nitrogen and oxygen atoms in total. The van der Waals surface area contributed by atoms with Crippen LogP contribution in [0, 0.1) is 17.7 Å². The highest BCUT2D eigenvalue weighted by Crippen LogP contribution is 2.56. The number of halogens is 2. The summed E-state index contributed by atoms with van der Waals surface area (Å²) >= 11 is 0. The highest BCUT2D eigenvalue weighted by atomic mass is 19.1. The molecular formula is C23H28F2N2O. The Hall–Kier alpha value is -2.04. The number of nitrogens with zero attached hydrogens (tertiary/aromatic N) is 1. The summed E-state index contributed by atoms with van der Waals surface area (Å²) in [5, 5.41) is 3.74. The molecule has 0 saturated heterocycles. The van der Waals surface area contributed by atoms with E-state index in [1.165, 1.54) is 6.07 Å². The van der Waals surface area contributed by atoms with Gasteiger partial charge >= 0.3 is 0 Å². The second-order valence-corrected chi connectivity index (χ2v) is 9.78. The van der Waals surface area contributed by atoms with Crippen molar-refractivity contribution in [3.8, 4) is 0 Å². The lowest BCUT2D eigenvalue weighted by Crippen LogP contribution is -2.43. The van der Waals surface area contributed by atoms with E-state index in [0.717, 1.165) is 29.3 Å². The van der Waals surface area contributed by atoms with Crippen molar-refractivity contribution in [1.82, 2.24) is 10.3 Å². The molecule has 1 amide bonds. The topological polar surface area (TPSA) is 42.0 Å². The zero-order valence-electron chi connectivity index (χ0n) is 16.8. The molecule has 0 aliphatic heterocycles. The summed E-state index contributed by atoms with van der Waals surface area (Å²) in [6.07, 6.45) is 4.41. The van der Waals surface area contributed by atoms with Crippen molar-refractivity contribution < 1.29 is 13.6 Å². The Morgan fingerprint density at radius 1 is 1.21 bits per heavy atom. The molecule has 2 aliphatic carbocycles. The molecule has 1 N–H and O–H groups in total. The quantitative estimate of drug-likeness (QED) is 0.779. The molecule has 0 radical (unpaired) electrons. The van der Waals surface area contributed by atoms with Gasteiger partial charge in [0.1, 0.15) is 11.5 Å². The Morgan fingerprint density at radius 3 is 2.54 bits per heavy atom. The van der Waals surface area contributed by atoms with Gasteiger partial charge in [0.15, 0.2) is 0 Å². The average Bonchev–Trinajstić information content (AvgIpc) is 3.06. The third-order valence-corrected chi connectivity index (χ3v) is 6.27. The Labute approximate surface area is 164 Å². The van der Waals surface area contributed by atoms with Gasteiger partial charge in [0.25, 0.3) is 0 Å². The SMILES string of the molecule is CC(C)(C)NC(=O)CC1(F)C[C@H]2CC(c3ccnc4ccc(F)cc34)C[C@H]2C1. The molecule has 0 bridgehead atoms. The summed E-state index contributed by atoms with van der Waals surface area (Å²) in [5.74, 6) is 0.411. The van der Waals surface area contributed by atoms with Gasteiger partial charge in [0, 0.05) is 17.1 Å². The molecular weight excluding hydrogens is 358 g/mol. The molecule has 28 heavy (non-hydrogen) atoms. The van der Waals surface area contributed by atoms with Crippen LogP contribution < -0.4 is 5.32 Å². The second kappa shape index (κ2) is 6.78. The molecule has 2 fully saturated rings. The number of hydrogen-bond donors (Lipinski definition) is 1. The van der Waals surface area contributed by atoms with Crippen molar-refractivity contribution in [2.45, 2.75) is 70.0 Å². The van der Waals surface area contributed by atoms with Crippen LogP contribution in [0.4, 0.5) is 8.78 Å². The van der Waals surface area contributed by atoms with Crippen molar-refractivity contribution in [2.24, 2.45) is 11.8 Å². The fourth-order valence-corrected chi connectivity index (χ4v) is 5.38. The Balaban J connectivity index is 1.46. The molecule has 5 heteroatoms. The number of alkyl halides is 1. The van der Waals surface area contributed by atoms with E-state index in [1.54, 1.807) is 18.3 Å². The van der Waals surface area contributed by atoms with E-state index in [2.05, 4.69) is 10.3 Å². The fraction of sp³-hybridized carbons (Fsp3) is 0.565. The van der Waals surface area contributed by atoms with Crippen LogP contribution in [0.2, 0.25) is 0 Å². The fourth-order valence-electron chi connectivity index (χ4n) is 5.38. The van der Waals surface area contributed by atoms with Crippen LogP contribution in [-0.4, -0.2) is 22.1 Å². The van der Waals surface area contributed by atoms with E-state index < -0.39 is 5.67 Å². The van der Waals surface area contributed by atoms with Crippen LogP contribution in [0.3, 0.4) is 0 Å². The van der Waals surface area contributed by atoms with Gasteiger partial charge in [-0.1, -0.05) is 0 Å². The summed E-state index contributed by atoms with van der Waals surface area (Å²) in [6.45, 7) is 5.73. The number of hydrogen-bond acceptors (Lipinski definition) is 2. The Morgan fingerprint density at radius 2 is 1.89 bits per heavy atom. The average molecular weight is 386 g/mol. The maximum Gasteiger partial charge on any atom is 0.223 e. The van der Waals surface area contributed by atoms with E-state index in [1.807, 2.05) is 26.8 Å². The number of amides is 1. The van der Waals surface area contributed by atoms with Crippen molar-refractivity contribution >= 4 is 16.8 Å². The van der Waals surface area contributed by atoms with Crippen LogP contribution in [0.25, 0.3) is 10.9 Å². The van der Waals surface area contributed by atoms with E-state index in [4.69, 9.17) is 0 Å². The molecule has 1 aromatic heterocycles. The maximum absolute atomic E-state index is 15.4. The largest absolute Gasteiger partial charge is 0.351 e. The zero-order chi connectivity index (χ0) is 20.1. The number of rotatable bonds is 3. The van der Waals surface area contributed by atoms with Crippen molar-refractivity contribution in [2.75, 3.05) is 0 Å². The highest BCUT2D eigenvalue weighted by Gasteiger charge is 2.51. The number of benzene rings is 1. The number of pyridine rings is 1. The maximum atomic E-state index is 15.4. The second-order valence-electron chi connectivity index (χ2n) is 9.78. The molecule has 4 rings (SSSR count). The number of carbonyl (C=O) groups excluding carboxylic acids is 1. The van der Waals surface area contributed by atoms with Crippen LogP contribution in [0.1, 0.15) is 64.4 Å². The Kier molecular flexibility index (Phi) is 4.67.